The number of nitrogens with one attached hydrogen (secondary N) is 1. The molecule has 1 saturated heterocycles. The summed E-state index contributed by atoms with van der Waals surface area (Å²) in [7, 11) is 1.74. The van der Waals surface area contributed by atoms with Crippen LogP contribution < -0.4 is 10.2 Å². The zero-order valence-corrected chi connectivity index (χ0v) is 18.1. The van der Waals surface area contributed by atoms with Crippen molar-refractivity contribution in [3.05, 3.63) is 58.3 Å². The Labute approximate surface area is 179 Å². The predicted molar refractivity (Wildman–Crippen MR) is 119 cm³/mol. The van der Waals surface area contributed by atoms with Gasteiger partial charge in [-0.05, 0) is 47.7 Å². The van der Waals surface area contributed by atoms with Gasteiger partial charge in [0.1, 0.15) is 5.82 Å². The summed E-state index contributed by atoms with van der Waals surface area (Å²) >= 11 is 0. The van der Waals surface area contributed by atoms with Crippen molar-refractivity contribution in [1.29, 1.82) is 0 Å². The van der Waals surface area contributed by atoms with Crippen LogP contribution in [0.25, 0.3) is 0 Å². The monoisotopic (exact) mass is 408 g/mol. The van der Waals surface area contributed by atoms with Gasteiger partial charge in [-0.25, -0.2) is 4.98 Å². The first-order valence-corrected chi connectivity index (χ1v) is 11.0. The average Bonchev–Trinajstić information content (AvgIpc) is 2.95. The molecule has 1 aromatic heterocycles. The zero-order chi connectivity index (χ0) is 20.9. The zero-order valence-electron chi connectivity index (χ0n) is 18.1. The van der Waals surface area contributed by atoms with E-state index in [9.17, 15) is 4.79 Å². The standard InChI is InChI=1S/C24H32N4O2/c1-3-27-8-6-19-5-4-18(10-20(19)7-9-27)12-25-13-21-11-24(26-14-22(21)17-29)28-15-23(16-28)30-2/h4-5,10-11,14,17,23,25H,3,6-9,12-13,15-16H2,1-2H3. The van der Waals surface area contributed by atoms with Crippen molar-refractivity contribution in [2.45, 2.75) is 39.0 Å². The summed E-state index contributed by atoms with van der Waals surface area (Å²) in [6, 6.07) is 8.91. The molecule has 4 rings (SSSR count). The summed E-state index contributed by atoms with van der Waals surface area (Å²) in [5.74, 6) is 0.913. The SMILES string of the molecule is CCN1CCc2ccc(CNCc3cc(N4CC(OC)C4)ncc3C=O)cc2CC1. The topological polar surface area (TPSA) is 57.7 Å². The van der Waals surface area contributed by atoms with Crippen molar-refractivity contribution in [1.82, 2.24) is 15.2 Å². The lowest BCUT2D eigenvalue weighted by atomic mass is 10.00. The second kappa shape index (κ2) is 9.69. The first-order chi connectivity index (χ1) is 14.7. The van der Waals surface area contributed by atoms with E-state index in [4.69, 9.17) is 4.74 Å². The first kappa shape index (κ1) is 21.0. The minimum Gasteiger partial charge on any atom is -0.378 e. The second-order valence-electron chi connectivity index (χ2n) is 8.26. The van der Waals surface area contributed by atoms with Crippen LogP contribution in [0.5, 0.6) is 0 Å². The minimum atomic E-state index is 0.275. The number of rotatable bonds is 8. The Bertz CT molecular complexity index is 880. The number of methoxy groups -OCH3 is 1. The molecule has 0 bridgehead atoms. The Morgan fingerprint density at radius 2 is 1.97 bits per heavy atom. The van der Waals surface area contributed by atoms with Gasteiger partial charge in [-0.3, -0.25) is 4.79 Å². The molecule has 6 heteroatoms. The number of carbonyl (C=O) groups is 1. The van der Waals surface area contributed by atoms with Crippen LogP contribution in [0.4, 0.5) is 5.82 Å². The fourth-order valence-corrected chi connectivity index (χ4v) is 4.29. The van der Waals surface area contributed by atoms with Gasteiger partial charge in [0.25, 0.3) is 0 Å². The number of benzene rings is 1. The van der Waals surface area contributed by atoms with Crippen molar-refractivity contribution in [2.24, 2.45) is 0 Å². The van der Waals surface area contributed by atoms with Crippen LogP contribution in [0.1, 0.15) is 39.5 Å². The molecule has 0 amide bonds. The summed E-state index contributed by atoms with van der Waals surface area (Å²) < 4.78 is 5.35. The van der Waals surface area contributed by atoms with Crippen LogP contribution >= 0.6 is 0 Å². The third-order valence-electron chi connectivity index (χ3n) is 6.40. The Morgan fingerprint density at radius 1 is 1.17 bits per heavy atom. The molecule has 6 nitrogen and oxygen atoms in total. The third-order valence-corrected chi connectivity index (χ3v) is 6.40. The number of aromatic nitrogens is 1. The van der Waals surface area contributed by atoms with E-state index in [-0.39, 0.29) is 6.10 Å². The molecule has 160 valence electrons. The number of hydrogen-bond donors (Lipinski definition) is 1. The van der Waals surface area contributed by atoms with E-state index in [1.165, 1.54) is 16.7 Å². The molecule has 0 radical (unpaired) electrons. The normalized spacial score (nSPS) is 17.3. The molecular weight excluding hydrogens is 376 g/mol. The van der Waals surface area contributed by atoms with Crippen molar-refractivity contribution < 1.29 is 9.53 Å². The Morgan fingerprint density at radius 3 is 2.70 bits per heavy atom. The maximum Gasteiger partial charge on any atom is 0.151 e. The second-order valence-corrected chi connectivity index (χ2v) is 8.26. The number of carbonyl (C=O) groups excluding carboxylic acids is 1. The third kappa shape index (κ3) is 4.72. The first-order valence-electron chi connectivity index (χ1n) is 11.0. The largest absolute Gasteiger partial charge is 0.378 e. The van der Waals surface area contributed by atoms with Crippen LogP contribution in [0.2, 0.25) is 0 Å². The Balaban J connectivity index is 1.37. The van der Waals surface area contributed by atoms with Gasteiger partial charge in [0.05, 0.1) is 6.10 Å². The van der Waals surface area contributed by atoms with Crippen LogP contribution in [0.3, 0.4) is 0 Å². The maximum atomic E-state index is 11.5. The smallest absolute Gasteiger partial charge is 0.151 e. The molecule has 0 aliphatic carbocycles. The molecule has 2 aliphatic heterocycles. The van der Waals surface area contributed by atoms with E-state index in [1.54, 1.807) is 13.3 Å². The van der Waals surface area contributed by atoms with Gasteiger partial charge in [-0.2, -0.15) is 0 Å². The summed E-state index contributed by atoms with van der Waals surface area (Å²) in [5, 5.41) is 3.52. The molecule has 1 fully saturated rings. The number of fused-ring (bicyclic) bond motifs is 1. The minimum absolute atomic E-state index is 0.275. The molecule has 0 spiro atoms. The van der Waals surface area contributed by atoms with Crippen molar-refractivity contribution >= 4 is 12.1 Å². The highest BCUT2D eigenvalue weighted by Crippen LogP contribution is 2.22. The lowest BCUT2D eigenvalue weighted by Gasteiger charge is -2.39. The quantitative estimate of drug-likeness (QED) is 0.677. The maximum absolute atomic E-state index is 11.5. The number of ether oxygens (including phenoxy) is 1. The van der Waals surface area contributed by atoms with Crippen LogP contribution in [0, 0.1) is 0 Å². The predicted octanol–water partition coefficient (Wildman–Crippen LogP) is 2.44. The number of nitrogens with zero attached hydrogens (tertiary/aromatic N) is 3. The highest BCUT2D eigenvalue weighted by molar-refractivity contribution is 5.77. The van der Waals surface area contributed by atoms with E-state index in [1.807, 2.05) is 6.07 Å². The van der Waals surface area contributed by atoms with Gasteiger partial charge in [-0.15, -0.1) is 0 Å². The highest BCUT2D eigenvalue weighted by atomic mass is 16.5. The van der Waals surface area contributed by atoms with Gasteiger partial charge < -0.3 is 19.9 Å². The van der Waals surface area contributed by atoms with Crippen LogP contribution in [-0.4, -0.2) is 62.1 Å². The summed E-state index contributed by atoms with van der Waals surface area (Å²) in [5.41, 5.74) is 5.91. The fraction of sp³-hybridized carbons (Fsp3) is 0.500. The molecule has 30 heavy (non-hydrogen) atoms. The number of anilines is 1. The molecule has 1 aromatic carbocycles. The van der Waals surface area contributed by atoms with Crippen molar-refractivity contribution in [3.8, 4) is 0 Å². The lowest BCUT2D eigenvalue weighted by molar-refractivity contribution is 0.0783. The molecule has 1 N–H and O–H groups in total. The Kier molecular flexibility index (Phi) is 6.77. The average molecular weight is 409 g/mol. The van der Waals surface area contributed by atoms with E-state index in [0.29, 0.717) is 12.1 Å². The van der Waals surface area contributed by atoms with Gasteiger partial charge >= 0.3 is 0 Å². The van der Waals surface area contributed by atoms with Gasteiger partial charge in [0.2, 0.25) is 0 Å². The van der Waals surface area contributed by atoms with Gasteiger partial charge in [0, 0.05) is 58.1 Å². The number of hydrogen-bond acceptors (Lipinski definition) is 6. The molecule has 0 saturated carbocycles. The van der Waals surface area contributed by atoms with E-state index in [0.717, 1.165) is 69.8 Å². The Hall–Kier alpha value is -2.28. The van der Waals surface area contributed by atoms with Crippen LogP contribution in [0.15, 0.2) is 30.5 Å². The van der Waals surface area contributed by atoms with Crippen LogP contribution in [-0.2, 0) is 30.7 Å². The van der Waals surface area contributed by atoms with Crippen molar-refractivity contribution in [2.75, 3.05) is 44.7 Å². The summed E-state index contributed by atoms with van der Waals surface area (Å²) in [6.07, 6.45) is 5.11. The van der Waals surface area contributed by atoms with Gasteiger partial charge in [0.15, 0.2) is 6.29 Å². The van der Waals surface area contributed by atoms with E-state index in [2.05, 4.69) is 45.2 Å². The molecule has 0 atom stereocenters. The number of aldehydes is 1. The summed E-state index contributed by atoms with van der Waals surface area (Å²) in [4.78, 5) is 20.6. The number of pyridine rings is 1. The van der Waals surface area contributed by atoms with Crippen molar-refractivity contribution in [3.63, 3.8) is 0 Å². The highest BCUT2D eigenvalue weighted by Gasteiger charge is 2.27. The van der Waals surface area contributed by atoms with Gasteiger partial charge in [-0.1, -0.05) is 25.1 Å². The lowest BCUT2D eigenvalue weighted by Crippen LogP contribution is -2.52. The van der Waals surface area contributed by atoms with E-state index < -0.39 is 0 Å². The summed E-state index contributed by atoms with van der Waals surface area (Å²) in [6.45, 7) is 8.79. The van der Waals surface area contributed by atoms with E-state index >= 15 is 0 Å². The fourth-order valence-electron chi connectivity index (χ4n) is 4.29. The molecule has 3 heterocycles. The molecular formula is C24H32N4O2. The molecule has 2 aliphatic rings. The molecule has 2 aromatic rings. The number of likely N-dealkylation sites (N-methyl/N-ethyl adjacent to an activating group) is 1. The molecule has 0 unspecified atom stereocenters.